The Morgan fingerprint density at radius 1 is 1.09 bits per heavy atom. The molecular formula is C15H13BrClN3OS. The number of rotatable bonds is 4. The van der Waals surface area contributed by atoms with Gasteiger partial charge in [0, 0.05) is 15.2 Å². The second kappa shape index (κ2) is 8.12. The maximum Gasteiger partial charge on any atom is 0.243 e. The van der Waals surface area contributed by atoms with E-state index in [-0.39, 0.29) is 12.5 Å². The molecule has 7 heteroatoms. The molecule has 4 nitrogen and oxygen atoms in total. The Morgan fingerprint density at radius 3 is 2.45 bits per heavy atom. The summed E-state index contributed by atoms with van der Waals surface area (Å²) in [5.74, 6) is -0.188. The van der Waals surface area contributed by atoms with E-state index >= 15 is 0 Å². The van der Waals surface area contributed by atoms with Crippen molar-refractivity contribution < 1.29 is 4.79 Å². The summed E-state index contributed by atoms with van der Waals surface area (Å²) in [7, 11) is 0. The zero-order valence-corrected chi connectivity index (χ0v) is 14.6. The number of hydrogen-bond donors (Lipinski definition) is 3. The predicted octanol–water partition coefficient (Wildman–Crippen LogP) is 4.03. The number of carbonyl (C=O) groups is 1. The normalized spacial score (nSPS) is 9.91. The number of benzene rings is 2. The first-order chi connectivity index (χ1) is 10.5. The van der Waals surface area contributed by atoms with Crippen LogP contribution < -0.4 is 16.0 Å². The van der Waals surface area contributed by atoms with Gasteiger partial charge in [0.25, 0.3) is 0 Å². The molecule has 0 saturated heterocycles. The van der Waals surface area contributed by atoms with Gasteiger partial charge in [0.05, 0.1) is 12.2 Å². The predicted molar refractivity (Wildman–Crippen MR) is 98.4 cm³/mol. The van der Waals surface area contributed by atoms with Crippen molar-refractivity contribution in [3.05, 3.63) is 58.0 Å². The molecule has 0 atom stereocenters. The summed E-state index contributed by atoms with van der Waals surface area (Å²) in [6, 6.07) is 14.5. The Morgan fingerprint density at radius 2 is 1.77 bits per heavy atom. The van der Waals surface area contributed by atoms with Gasteiger partial charge >= 0.3 is 0 Å². The molecule has 2 rings (SSSR count). The third-order valence-corrected chi connectivity index (χ3v) is 3.85. The Labute approximate surface area is 147 Å². The van der Waals surface area contributed by atoms with Gasteiger partial charge in [-0.2, -0.15) is 0 Å². The summed E-state index contributed by atoms with van der Waals surface area (Å²) in [5, 5.41) is 9.62. The molecule has 0 aliphatic rings. The number of carbonyl (C=O) groups excluding carboxylic acids is 1. The van der Waals surface area contributed by atoms with E-state index in [9.17, 15) is 4.79 Å². The van der Waals surface area contributed by atoms with Gasteiger partial charge in [-0.1, -0.05) is 23.7 Å². The zero-order valence-electron chi connectivity index (χ0n) is 11.4. The Balaban J connectivity index is 1.79. The molecule has 114 valence electrons. The van der Waals surface area contributed by atoms with Crippen LogP contribution in [0.1, 0.15) is 0 Å². The lowest BCUT2D eigenvalue weighted by Crippen LogP contribution is -2.35. The molecule has 2 aromatic rings. The van der Waals surface area contributed by atoms with E-state index in [0.717, 1.165) is 10.2 Å². The van der Waals surface area contributed by atoms with Crippen LogP contribution in [0.15, 0.2) is 53.0 Å². The van der Waals surface area contributed by atoms with Crippen molar-refractivity contribution in [1.82, 2.24) is 5.32 Å². The molecule has 0 heterocycles. The van der Waals surface area contributed by atoms with Crippen LogP contribution in [-0.4, -0.2) is 17.6 Å². The Bertz CT molecular complexity index is 679. The van der Waals surface area contributed by atoms with Crippen molar-refractivity contribution in [2.24, 2.45) is 0 Å². The van der Waals surface area contributed by atoms with Gasteiger partial charge in [0.1, 0.15) is 0 Å². The Kier molecular flexibility index (Phi) is 6.18. The minimum atomic E-state index is -0.188. The molecule has 0 aliphatic heterocycles. The summed E-state index contributed by atoms with van der Waals surface area (Å²) >= 11 is 14.3. The van der Waals surface area contributed by atoms with Crippen LogP contribution >= 0.6 is 39.7 Å². The number of thiocarbonyl (C=S) groups is 1. The number of halogens is 2. The fourth-order valence-electron chi connectivity index (χ4n) is 1.63. The quantitative estimate of drug-likeness (QED) is 0.681. The average Bonchev–Trinajstić information content (AvgIpc) is 2.50. The Hall–Kier alpha value is -1.63. The molecule has 0 bridgehead atoms. The molecule has 3 N–H and O–H groups in total. The summed E-state index contributed by atoms with van der Waals surface area (Å²) in [6.45, 7) is 0.0702. The minimum Gasteiger partial charge on any atom is -0.353 e. The topological polar surface area (TPSA) is 53.2 Å². The largest absolute Gasteiger partial charge is 0.353 e. The van der Waals surface area contributed by atoms with Crippen molar-refractivity contribution in [2.45, 2.75) is 0 Å². The van der Waals surface area contributed by atoms with Crippen molar-refractivity contribution >= 4 is 62.1 Å². The van der Waals surface area contributed by atoms with Gasteiger partial charge in [0.15, 0.2) is 5.11 Å². The molecule has 0 saturated carbocycles. The molecular weight excluding hydrogens is 386 g/mol. The summed E-state index contributed by atoms with van der Waals surface area (Å²) < 4.78 is 0.824. The fraction of sp³-hybridized carbons (Fsp3) is 0.0667. The van der Waals surface area contributed by atoms with Crippen molar-refractivity contribution in [3.8, 4) is 0 Å². The SMILES string of the molecule is O=C(CNC(=S)Nc1ccc(Cl)cc1)Nc1ccccc1Br. The lowest BCUT2D eigenvalue weighted by atomic mass is 10.3. The highest BCUT2D eigenvalue weighted by atomic mass is 79.9. The number of nitrogens with one attached hydrogen (secondary N) is 3. The van der Waals surface area contributed by atoms with Crippen LogP contribution in [0.3, 0.4) is 0 Å². The van der Waals surface area contributed by atoms with Crippen molar-refractivity contribution in [1.29, 1.82) is 0 Å². The van der Waals surface area contributed by atoms with Crippen LogP contribution in [0.25, 0.3) is 0 Å². The second-order valence-corrected chi connectivity index (χ2v) is 6.04. The summed E-state index contributed by atoms with van der Waals surface area (Å²) in [6.07, 6.45) is 0. The molecule has 22 heavy (non-hydrogen) atoms. The van der Waals surface area contributed by atoms with Crippen LogP contribution in [0, 0.1) is 0 Å². The summed E-state index contributed by atoms with van der Waals surface area (Å²) in [5.41, 5.74) is 1.51. The zero-order chi connectivity index (χ0) is 15.9. The highest BCUT2D eigenvalue weighted by Crippen LogP contribution is 2.20. The minimum absolute atomic E-state index is 0.0702. The van der Waals surface area contributed by atoms with Gasteiger partial charge in [-0.05, 0) is 64.5 Å². The van der Waals surface area contributed by atoms with Gasteiger partial charge < -0.3 is 16.0 Å². The molecule has 0 aromatic heterocycles. The van der Waals surface area contributed by atoms with E-state index in [1.54, 1.807) is 24.3 Å². The van der Waals surface area contributed by atoms with Gasteiger partial charge in [-0.25, -0.2) is 0 Å². The van der Waals surface area contributed by atoms with Gasteiger partial charge in [-0.15, -0.1) is 0 Å². The smallest absolute Gasteiger partial charge is 0.243 e. The van der Waals surface area contributed by atoms with Gasteiger partial charge in [-0.3, -0.25) is 4.79 Å². The first kappa shape index (κ1) is 16.7. The van der Waals surface area contributed by atoms with E-state index in [2.05, 4.69) is 31.9 Å². The first-order valence-electron chi connectivity index (χ1n) is 6.39. The molecule has 2 aromatic carbocycles. The van der Waals surface area contributed by atoms with Crippen LogP contribution in [0.4, 0.5) is 11.4 Å². The molecule has 0 aliphatic carbocycles. The van der Waals surface area contributed by atoms with Crippen LogP contribution in [0.5, 0.6) is 0 Å². The van der Waals surface area contributed by atoms with E-state index in [1.807, 2.05) is 24.3 Å². The number of para-hydroxylation sites is 1. The molecule has 0 radical (unpaired) electrons. The van der Waals surface area contributed by atoms with E-state index < -0.39 is 0 Å². The highest BCUT2D eigenvalue weighted by molar-refractivity contribution is 9.10. The highest BCUT2D eigenvalue weighted by Gasteiger charge is 2.06. The van der Waals surface area contributed by atoms with Crippen molar-refractivity contribution in [2.75, 3.05) is 17.2 Å². The second-order valence-electron chi connectivity index (χ2n) is 4.34. The fourth-order valence-corrected chi connectivity index (χ4v) is 2.33. The third kappa shape index (κ3) is 5.29. The monoisotopic (exact) mass is 397 g/mol. The van der Waals surface area contributed by atoms with Crippen LogP contribution in [0.2, 0.25) is 5.02 Å². The maximum atomic E-state index is 11.9. The number of hydrogen-bond acceptors (Lipinski definition) is 2. The first-order valence-corrected chi connectivity index (χ1v) is 7.97. The van der Waals surface area contributed by atoms with E-state index in [4.69, 9.17) is 23.8 Å². The third-order valence-electron chi connectivity index (χ3n) is 2.66. The van der Waals surface area contributed by atoms with E-state index in [1.165, 1.54) is 0 Å². The number of anilines is 2. The van der Waals surface area contributed by atoms with Crippen molar-refractivity contribution in [3.63, 3.8) is 0 Å². The molecule has 1 amide bonds. The maximum absolute atomic E-state index is 11.9. The molecule has 0 fully saturated rings. The lowest BCUT2D eigenvalue weighted by Gasteiger charge is -2.11. The standard InChI is InChI=1S/C15H13BrClN3OS/c16-12-3-1-2-4-13(12)20-14(21)9-18-15(22)19-11-7-5-10(17)6-8-11/h1-8H,9H2,(H,20,21)(H2,18,19,22). The molecule has 0 unspecified atom stereocenters. The van der Waals surface area contributed by atoms with Gasteiger partial charge in [0.2, 0.25) is 5.91 Å². The molecule has 0 spiro atoms. The lowest BCUT2D eigenvalue weighted by molar-refractivity contribution is -0.115. The number of amides is 1. The van der Waals surface area contributed by atoms with E-state index in [0.29, 0.717) is 15.8 Å². The average molecular weight is 399 g/mol. The van der Waals surface area contributed by atoms with Crippen LogP contribution in [-0.2, 0) is 4.79 Å². The summed E-state index contributed by atoms with van der Waals surface area (Å²) in [4.78, 5) is 11.9.